The zero-order chi connectivity index (χ0) is 28.9. The third kappa shape index (κ3) is 22.6. The summed E-state index contributed by atoms with van der Waals surface area (Å²) < 4.78 is 0. The van der Waals surface area contributed by atoms with Gasteiger partial charge in [-0.25, -0.2) is 12.1 Å². The Labute approximate surface area is 280 Å². The second-order valence-corrected chi connectivity index (χ2v) is 16.8. The van der Waals surface area contributed by atoms with Crippen LogP contribution in [0.1, 0.15) is 156 Å². The van der Waals surface area contributed by atoms with Gasteiger partial charge in [0.15, 0.2) is 0 Å². The van der Waals surface area contributed by atoms with E-state index in [0.29, 0.717) is 0 Å². The van der Waals surface area contributed by atoms with Gasteiger partial charge in [-0.15, -0.1) is 26.5 Å². The molecule has 2 aromatic rings. The molecule has 0 nitrogen and oxygen atoms in total. The van der Waals surface area contributed by atoms with Crippen molar-refractivity contribution in [3.8, 4) is 0 Å². The van der Waals surface area contributed by atoms with Crippen molar-refractivity contribution in [1.82, 2.24) is 0 Å². The van der Waals surface area contributed by atoms with Crippen LogP contribution in [0.4, 0.5) is 0 Å². The molecule has 0 heterocycles. The molecular formula is C38H68HfP2-6. The molecule has 0 spiro atoms. The Hall–Kier alpha value is 0.430. The molecular weight excluding hydrogens is 697 g/mol. The van der Waals surface area contributed by atoms with E-state index < -0.39 is 0 Å². The predicted molar refractivity (Wildman–Crippen MR) is 192 cm³/mol. The molecule has 0 aliphatic rings. The fourth-order valence-corrected chi connectivity index (χ4v) is 11.7. The summed E-state index contributed by atoms with van der Waals surface area (Å²) in [6.45, 7) is 9.36. The van der Waals surface area contributed by atoms with Gasteiger partial charge in [0.2, 0.25) is 0 Å². The van der Waals surface area contributed by atoms with Gasteiger partial charge < -0.3 is 30.3 Å². The minimum atomic E-state index is 0. The first-order valence-corrected chi connectivity index (χ1v) is 21.1. The Morgan fingerprint density at radius 3 is 1.20 bits per heavy atom. The molecule has 0 bridgehead atoms. The molecule has 41 heavy (non-hydrogen) atoms. The van der Waals surface area contributed by atoms with Crippen LogP contribution in [0.2, 0.25) is 0 Å². The van der Waals surface area contributed by atoms with Gasteiger partial charge in [0.25, 0.3) is 0 Å². The number of hydrogen-bond acceptors (Lipinski definition) is 0. The molecule has 0 fully saturated rings. The average molecular weight is 765 g/mol. The van der Waals surface area contributed by atoms with Crippen molar-refractivity contribution in [1.29, 1.82) is 0 Å². The Morgan fingerprint density at radius 2 is 0.829 bits per heavy atom. The molecule has 0 amide bonds. The molecule has 0 radical (unpaired) electrons. The molecule has 0 N–H and O–H groups in total. The Kier molecular flexibility index (Phi) is 32.2. The van der Waals surface area contributed by atoms with Crippen LogP contribution in [-0.4, -0.2) is 24.6 Å². The van der Waals surface area contributed by atoms with E-state index in [4.69, 9.17) is 0 Å². The summed E-state index contributed by atoms with van der Waals surface area (Å²) >= 11 is 0. The van der Waals surface area contributed by atoms with E-state index in [1.807, 2.05) is 40.9 Å². The Morgan fingerprint density at radius 1 is 0.488 bits per heavy atom. The van der Waals surface area contributed by atoms with Crippen molar-refractivity contribution in [3.05, 3.63) is 48.5 Å². The van der Waals surface area contributed by atoms with Crippen LogP contribution < -0.4 is 10.6 Å². The van der Waals surface area contributed by atoms with E-state index in [-0.39, 0.29) is 41.7 Å². The van der Waals surface area contributed by atoms with Crippen LogP contribution in [-0.2, 0) is 25.8 Å². The van der Waals surface area contributed by atoms with Gasteiger partial charge in [0.05, 0.1) is 0 Å². The summed E-state index contributed by atoms with van der Waals surface area (Å²) in [6, 6.07) is 17.6. The largest absolute Gasteiger partial charge is 0.748 e. The van der Waals surface area contributed by atoms with E-state index in [2.05, 4.69) is 45.9 Å². The predicted octanol–water partition coefficient (Wildman–Crippen LogP) is 12.9. The van der Waals surface area contributed by atoms with Crippen LogP contribution >= 0.6 is 15.8 Å². The first-order valence-electron chi connectivity index (χ1n) is 17.7. The van der Waals surface area contributed by atoms with E-state index >= 15 is 0 Å². The standard InChI is InChI=1S/C33H63P2.C5H5.Hf/c1-5-9-13-17-21-28-34(29-22-18-14-10-6-2)32-26-25-27-33(32)35(30-23-19-15-11-7-3)31-24-20-16-12-8-4;1-2-4-5-3-1;/h25-27H,5-24,28-31H2,1-4H3;1-5H;/q-1;-5;. The van der Waals surface area contributed by atoms with Crippen LogP contribution in [0, 0.1) is 0 Å². The normalized spacial score (nSPS) is 11.1. The van der Waals surface area contributed by atoms with E-state index in [1.165, 1.54) is 153 Å². The molecule has 0 aliphatic heterocycles. The summed E-state index contributed by atoms with van der Waals surface area (Å²) in [4.78, 5) is 0. The Bertz CT molecular complexity index is 631. The summed E-state index contributed by atoms with van der Waals surface area (Å²) in [5, 5.41) is 3.72. The smallest absolute Gasteiger partial charge is 0 e. The number of unbranched alkanes of at least 4 members (excludes halogenated alkanes) is 16. The summed E-state index contributed by atoms with van der Waals surface area (Å²) in [7, 11) is 0.108. The molecule has 0 atom stereocenters. The maximum absolute atomic E-state index is 2.59. The molecule has 2 rings (SSSR count). The molecule has 0 aromatic heterocycles. The van der Waals surface area contributed by atoms with Crippen molar-refractivity contribution in [3.63, 3.8) is 0 Å². The second kappa shape index (κ2) is 31.8. The first-order chi connectivity index (χ1) is 19.8. The van der Waals surface area contributed by atoms with Gasteiger partial charge in [-0.1, -0.05) is 130 Å². The van der Waals surface area contributed by atoms with Gasteiger partial charge >= 0.3 is 0 Å². The average Bonchev–Trinajstić information content (AvgIpc) is 3.71. The fraction of sp³-hybridized carbons (Fsp3) is 0.737. The van der Waals surface area contributed by atoms with Crippen molar-refractivity contribution in [2.75, 3.05) is 24.6 Å². The molecule has 0 saturated carbocycles. The van der Waals surface area contributed by atoms with Gasteiger partial charge in [-0.05, 0) is 50.3 Å². The molecule has 0 unspecified atom stereocenters. The topological polar surface area (TPSA) is 0 Å². The SMILES string of the molecule is CCCCCCCP(CCCCCCC)c1ccc[c-]1P(CCCCCCC)CCCCCCC.[Hf].[cH-]1[cH-][cH-][cH-][cH-]1. The van der Waals surface area contributed by atoms with Gasteiger partial charge in [-0.3, -0.25) is 0 Å². The number of rotatable bonds is 26. The van der Waals surface area contributed by atoms with Crippen molar-refractivity contribution >= 4 is 26.5 Å². The summed E-state index contributed by atoms with van der Waals surface area (Å²) in [5.74, 6) is 0. The molecule has 3 heteroatoms. The summed E-state index contributed by atoms with van der Waals surface area (Å²) in [5.41, 5.74) is 0. The van der Waals surface area contributed by atoms with Crippen LogP contribution in [0.25, 0.3) is 0 Å². The van der Waals surface area contributed by atoms with Crippen molar-refractivity contribution in [2.24, 2.45) is 0 Å². The van der Waals surface area contributed by atoms with Crippen LogP contribution in [0.3, 0.4) is 0 Å². The van der Waals surface area contributed by atoms with E-state index in [9.17, 15) is 0 Å². The van der Waals surface area contributed by atoms with E-state index in [0.717, 1.165) is 0 Å². The van der Waals surface area contributed by atoms with Gasteiger partial charge in [-0.2, -0.15) is 6.07 Å². The van der Waals surface area contributed by atoms with Crippen molar-refractivity contribution in [2.45, 2.75) is 156 Å². The quantitative estimate of drug-likeness (QED) is 0.0387. The maximum Gasteiger partial charge on any atom is 0 e. The van der Waals surface area contributed by atoms with Crippen LogP contribution in [0.15, 0.2) is 48.5 Å². The fourth-order valence-electron chi connectivity index (χ4n) is 5.59. The zero-order valence-corrected chi connectivity index (χ0v) is 33.4. The third-order valence-electron chi connectivity index (χ3n) is 8.13. The first kappa shape index (κ1) is 41.4. The maximum atomic E-state index is 2.59. The molecule has 0 aliphatic carbocycles. The summed E-state index contributed by atoms with van der Waals surface area (Å²) in [6.07, 6.45) is 34.7. The monoisotopic (exact) mass is 766 g/mol. The molecule has 2 aromatic carbocycles. The second-order valence-electron chi connectivity index (χ2n) is 11.9. The zero-order valence-electron chi connectivity index (χ0n) is 28.0. The molecule has 240 valence electrons. The molecule has 0 saturated heterocycles. The van der Waals surface area contributed by atoms with Crippen LogP contribution in [0.5, 0.6) is 0 Å². The third-order valence-corrected chi connectivity index (χ3v) is 13.9. The minimum Gasteiger partial charge on any atom is -0.748 e. The van der Waals surface area contributed by atoms with Gasteiger partial charge in [0.1, 0.15) is 0 Å². The van der Waals surface area contributed by atoms with E-state index in [1.54, 1.807) is 0 Å². The van der Waals surface area contributed by atoms with Crippen molar-refractivity contribution < 1.29 is 25.8 Å². The Balaban J connectivity index is 0.00000239. The minimum absolute atomic E-state index is 0. The van der Waals surface area contributed by atoms with Gasteiger partial charge in [0, 0.05) is 25.8 Å². The number of hydrogen-bond donors (Lipinski definition) is 0.